The Kier molecular flexibility index (Phi) is 5.49. The molecule has 4 nitrogen and oxygen atoms in total. The fourth-order valence-electron chi connectivity index (χ4n) is 1.57. The molecule has 0 fully saturated rings. The molecule has 0 aliphatic rings. The van der Waals surface area contributed by atoms with Crippen molar-refractivity contribution in [2.45, 2.75) is 6.42 Å². The summed E-state index contributed by atoms with van der Waals surface area (Å²) in [5.74, 6) is 1.24. The van der Waals surface area contributed by atoms with Gasteiger partial charge in [0.2, 0.25) is 0 Å². The van der Waals surface area contributed by atoms with Crippen LogP contribution in [-0.2, 0) is 11.2 Å². The summed E-state index contributed by atoms with van der Waals surface area (Å²) < 4.78 is 11.3. The van der Waals surface area contributed by atoms with Crippen molar-refractivity contribution in [3.8, 4) is 5.75 Å². The molecule has 0 spiro atoms. The third-order valence-electron chi connectivity index (χ3n) is 2.53. The first-order valence-electron chi connectivity index (χ1n) is 6.02. The number of furan rings is 1. The Bertz CT molecular complexity index is 572. The molecule has 0 aliphatic carbocycles. The molecule has 0 radical (unpaired) electrons. The van der Waals surface area contributed by atoms with Gasteiger partial charge in [-0.3, -0.25) is 4.79 Å². The molecule has 6 heteroatoms. The third-order valence-corrected chi connectivity index (χ3v) is 3.38. The lowest BCUT2D eigenvalue weighted by Gasteiger charge is -2.08. The zero-order valence-corrected chi connectivity index (χ0v) is 12.9. The number of nitrogens with one attached hydrogen (secondary N) is 1. The third kappa shape index (κ3) is 4.58. The highest BCUT2D eigenvalue weighted by Gasteiger charge is 2.06. The van der Waals surface area contributed by atoms with Crippen molar-refractivity contribution in [1.82, 2.24) is 5.32 Å². The molecule has 1 amide bonds. The number of carbonyl (C=O) groups is 1. The summed E-state index contributed by atoms with van der Waals surface area (Å²) >= 11 is 9.15. The number of carbonyl (C=O) groups excluding carboxylic acids is 1. The summed E-state index contributed by atoms with van der Waals surface area (Å²) in [7, 11) is 0. The van der Waals surface area contributed by atoms with Crippen LogP contribution in [0.1, 0.15) is 5.76 Å². The van der Waals surface area contributed by atoms with E-state index in [1.807, 2.05) is 12.1 Å². The van der Waals surface area contributed by atoms with Crippen LogP contribution in [-0.4, -0.2) is 19.1 Å². The van der Waals surface area contributed by atoms with Crippen molar-refractivity contribution in [2.75, 3.05) is 13.2 Å². The fourth-order valence-corrected chi connectivity index (χ4v) is 2.36. The minimum absolute atomic E-state index is 0.0433. The molecule has 1 aromatic carbocycles. The molecular formula is C14H13BrClNO3. The van der Waals surface area contributed by atoms with E-state index in [0.717, 1.165) is 5.76 Å². The van der Waals surface area contributed by atoms with Gasteiger partial charge in [0.05, 0.1) is 10.7 Å². The Balaban J connectivity index is 1.72. The summed E-state index contributed by atoms with van der Waals surface area (Å²) in [4.78, 5) is 11.6. The van der Waals surface area contributed by atoms with Crippen LogP contribution >= 0.6 is 27.5 Å². The van der Waals surface area contributed by atoms with E-state index >= 15 is 0 Å². The summed E-state index contributed by atoms with van der Waals surface area (Å²) in [6.45, 7) is 0.468. The second-order valence-electron chi connectivity index (χ2n) is 4.04. The van der Waals surface area contributed by atoms with E-state index in [0.29, 0.717) is 28.2 Å². The smallest absolute Gasteiger partial charge is 0.257 e. The molecule has 0 saturated heterocycles. The summed E-state index contributed by atoms with van der Waals surface area (Å²) in [5, 5.41) is 3.36. The number of ether oxygens (including phenoxy) is 1. The zero-order chi connectivity index (χ0) is 14.4. The van der Waals surface area contributed by atoms with Gasteiger partial charge in [-0.2, -0.15) is 0 Å². The van der Waals surface area contributed by atoms with E-state index in [2.05, 4.69) is 21.2 Å². The minimum atomic E-state index is -0.182. The largest absolute Gasteiger partial charge is 0.483 e. The van der Waals surface area contributed by atoms with Crippen LogP contribution < -0.4 is 10.1 Å². The van der Waals surface area contributed by atoms with Gasteiger partial charge in [0.1, 0.15) is 11.5 Å². The van der Waals surface area contributed by atoms with Gasteiger partial charge in [-0.05, 0) is 46.3 Å². The second-order valence-corrected chi connectivity index (χ2v) is 5.33. The first-order chi connectivity index (χ1) is 9.65. The van der Waals surface area contributed by atoms with E-state index < -0.39 is 0 Å². The first kappa shape index (κ1) is 14.9. The number of rotatable bonds is 6. The van der Waals surface area contributed by atoms with Crippen LogP contribution in [0.4, 0.5) is 0 Å². The molecular weight excluding hydrogens is 346 g/mol. The highest BCUT2D eigenvalue weighted by atomic mass is 79.9. The van der Waals surface area contributed by atoms with E-state index in [4.69, 9.17) is 20.8 Å². The molecule has 2 aromatic rings. The predicted molar refractivity (Wildman–Crippen MR) is 80.1 cm³/mol. The van der Waals surface area contributed by atoms with Gasteiger partial charge >= 0.3 is 0 Å². The van der Waals surface area contributed by atoms with Gasteiger partial charge < -0.3 is 14.5 Å². The average Bonchev–Trinajstić information content (AvgIpc) is 2.91. The highest BCUT2D eigenvalue weighted by Crippen LogP contribution is 2.27. The SMILES string of the molecule is O=C(COc1ccc(Cl)cc1Br)NCCc1ccco1. The van der Waals surface area contributed by atoms with Crippen LogP contribution in [0, 0.1) is 0 Å². The molecule has 0 saturated carbocycles. The number of hydrogen-bond acceptors (Lipinski definition) is 3. The van der Waals surface area contributed by atoms with E-state index in [-0.39, 0.29) is 12.5 Å². The summed E-state index contributed by atoms with van der Waals surface area (Å²) in [6.07, 6.45) is 2.27. The molecule has 0 aliphatic heterocycles. The van der Waals surface area contributed by atoms with Crippen LogP contribution in [0.5, 0.6) is 5.75 Å². The van der Waals surface area contributed by atoms with Crippen LogP contribution in [0.3, 0.4) is 0 Å². The van der Waals surface area contributed by atoms with Crippen molar-refractivity contribution in [3.63, 3.8) is 0 Å². The predicted octanol–water partition coefficient (Wildman–Crippen LogP) is 3.43. The van der Waals surface area contributed by atoms with Gasteiger partial charge in [-0.1, -0.05) is 11.6 Å². The highest BCUT2D eigenvalue weighted by molar-refractivity contribution is 9.10. The maximum atomic E-state index is 11.6. The van der Waals surface area contributed by atoms with Crippen LogP contribution in [0.15, 0.2) is 45.5 Å². The van der Waals surface area contributed by atoms with Crippen LogP contribution in [0.2, 0.25) is 5.02 Å². The lowest BCUT2D eigenvalue weighted by atomic mass is 10.3. The molecule has 2 rings (SSSR count). The van der Waals surface area contributed by atoms with Crippen molar-refractivity contribution < 1.29 is 13.9 Å². The maximum absolute atomic E-state index is 11.6. The lowest BCUT2D eigenvalue weighted by Crippen LogP contribution is -2.30. The number of amides is 1. The Morgan fingerprint density at radius 3 is 2.95 bits per heavy atom. The minimum Gasteiger partial charge on any atom is -0.483 e. The van der Waals surface area contributed by atoms with E-state index in [9.17, 15) is 4.79 Å². The Labute approximate surface area is 130 Å². The van der Waals surface area contributed by atoms with Crippen LogP contribution in [0.25, 0.3) is 0 Å². The Hall–Kier alpha value is -1.46. The van der Waals surface area contributed by atoms with Crippen molar-refractivity contribution in [1.29, 1.82) is 0 Å². The molecule has 0 bridgehead atoms. The number of benzene rings is 1. The van der Waals surface area contributed by atoms with Crippen molar-refractivity contribution in [3.05, 3.63) is 51.9 Å². The number of hydrogen-bond donors (Lipinski definition) is 1. The summed E-state index contributed by atoms with van der Waals surface area (Å²) in [5.41, 5.74) is 0. The molecule has 0 unspecified atom stereocenters. The molecule has 20 heavy (non-hydrogen) atoms. The van der Waals surface area contributed by atoms with E-state index in [1.54, 1.807) is 24.5 Å². The van der Waals surface area contributed by atoms with Gasteiger partial charge in [0.25, 0.3) is 5.91 Å². The topological polar surface area (TPSA) is 51.5 Å². The normalized spacial score (nSPS) is 10.3. The van der Waals surface area contributed by atoms with Gasteiger partial charge in [-0.25, -0.2) is 0 Å². The van der Waals surface area contributed by atoms with Crippen molar-refractivity contribution >= 4 is 33.4 Å². The molecule has 0 atom stereocenters. The quantitative estimate of drug-likeness (QED) is 0.860. The molecule has 1 heterocycles. The molecule has 1 N–H and O–H groups in total. The Morgan fingerprint density at radius 2 is 2.25 bits per heavy atom. The molecule has 1 aromatic heterocycles. The monoisotopic (exact) mass is 357 g/mol. The second kappa shape index (κ2) is 7.36. The lowest BCUT2D eigenvalue weighted by molar-refractivity contribution is -0.123. The van der Waals surface area contributed by atoms with Gasteiger partial charge in [0, 0.05) is 18.0 Å². The average molecular weight is 359 g/mol. The Morgan fingerprint density at radius 1 is 1.40 bits per heavy atom. The van der Waals surface area contributed by atoms with Crippen molar-refractivity contribution in [2.24, 2.45) is 0 Å². The maximum Gasteiger partial charge on any atom is 0.257 e. The zero-order valence-electron chi connectivity index (χ0n) is 10.6. The standard InChI is InChI=1S/C14H13BrClNO3/c15-12-8-10(16)3-4-13(12)20-9-14(18)17-6-5-11-2-1-7-19-11/h1-4,7-8H,5-6,9H2,(H,17,18). The first-order valence-corrected chi connectivity index (χ1v) is 7.19. The van der Waals surface area contributed by atoms with Gasteiger partial charge in [-0.15, -0.1) is 0 Å². The fraction of sp³-hybridized carbons (Fsp3) is 0.214. The number of halogens is 2. The summed E-state index contributed by atoms with van der Waals surface area (Å²) in [6, 6.07) is 8.82. The molecule has 106 valence electrons. The van der Waals surface area contributed by atoms with E-state index in [1.165, 1.54) is 0 Å². The van der Waals surface area contributed by atoms with Gasteiger partial charge in [0.15, 0.2) is 6.61 Å².